The lowest BCUT2D eigenvalue weighted by molar-refractivity contribution is 0.0697. The van der Waals surface area contributed by atoms with Crippen LogP contribution < -0.4 is 4.90 Å². The standard InChI is InChI=1S/C15H16N2O2/c1-11-8-9-13(15(18)19)14(16-11)17(2)10-12-6-4-3-5-7-12/h3-9H,10H2,1-2H3,(H,18,19). The number of nitrogens with zero attached hydrogens (tertiary/aromatic N) is 2. The van der Waals surface area contributed by atoms with Crippen LogP contribution >= 0.6 is 0 Å². The van der Waals surface area contributed by atoms with E-state index in [0.29, 0.717) is 12.4 Å². The van der Waals surface area contributed by atoms with E-state index in [0.717, 1.165) is 11.3 Å². The van der Waals surface area contributed by atoms with Crippen molar-refractivity contribution in [2.75, 3.05) is 11.9 Å². The average molecular weight is 256 g/mol. The van der Waals surface area contributed by atoms with E-state index >= 15 is 0 Å². The van der Waals surface area contributed by atoms with Gasteiger partial charge in [0, 0.05) is 19.3 Å². The van der Waals surface area contributed by atoms with Crippen molar-refractivity contribution >= 4 is 11.8 Å². The van der Waals surface area contributed by atoms with Crippen LogP contribution in [-0.2, 0) is 6.54 Å². The number of carbonyl (C=O) groups is 1. The molecule has 1 aromatic heterocycles. The van der Waals surface area contributed by atoms with E-state index in [1.807, 2.05) is 49.2 Å². The van der Waals surface area contributed by atoms with E-state index in [9.17, 15) is 9.90 Å². The van der Waals surface area contributed by atoms with Gasteiger partial charge in [-0.15, -0.1) is 0 Å². The first-order valence-corrected chi connectivity index (χ1v) is 6.04. The minimum absolute atomic E-state index is 0.226. The third-order valence-corrected chi connectivity index (χ3v) is 2.87. The van der Waals surface area contributed by atoms with E-state index < -0.39 is 5.97 Å². The molecule has 0 radical (unpaired) electrons. The Balaban J connectivity index is 2.30. The van der Waals surface area contributed by atoms with E-state index in [1.54, 1.807) is 12.1 Å². The molecule has 0 aliphatic carbocycles. The summed E-state index contributed by atoms with van der Waals surface area (Å²) in [5.41, 5.74) is 2.15. The first-order valence-electron chi connectivity index (χ1n) is 6.04. The summed E-state index contributed by atoms with van der Waals surface area (Å²) in [6, 6.07) is 13.2. The maximum Gasteiger partial charge on any atom is 0.339 e. The normalized spacial score (nSPS) is 10.2. The minimum Gasteiger partial charge on any atom is -0.478 e. The zero-order valence-electron chi connectivity index (χ0n) is 11.0. The molecular weight excluding hydrogens is 240 g/mol. The number of benzene rings is 1. The third-order valence-electron chi connectivity index (χ3n) is 2.87. The van der Waals surface area contributed by atoms with Crippen LogP contribution in [0.4, 0.5) is 5.82 Å². The lowest BCUT2D eigenvalue weighted by atomic mass is 10.2. The zero-order chi connectivity index (χ0) is 13.8. The largest absolute Gasteiger partial charge is 0.478 e. The van der Waals surface area contributed by atoms with Gasteiger partial charge >= 0.3 is 5.97 Å². The average Bonchev–Trinajstić information content (AvgIpc) is 2.39. The molecule has 0 bridgehead atoms. The molecule has 4 heteroatoms. The van der Waals surface area contributed by atoms with Crippen molar-refractivity contribution in [1.29, 1.82) is 0 Å². The Morgan fingerprint density at radius 2 is 1.89 bits per heavy atom. The van der Waals surface area contributed by atoms with E-state index in [-0.39, 0.29) is 5.56 Å². The van der Waals surface area contributed by atoms with Crippen LogP contribution in [0.25, 0.3) is 0 Å². The molecule has 0 unspecified atom stereocenters. The number of anilines is 1. The molecule has 0 fully saturated rings. The number of pyridine rings is 1. The predicted octanol–water partition coefficient (Wildman–Crippen LogP) is 2.72. The van der Waals surface area contributed by atoms with Crippen molar-refractivity contribution in [2.45, 2.75) is 13.5 Å². The molecule has 1 heterocycles. The second kappa shape index (κ2) is 5.52. The Morgan fingerprint density at radius 3 is 2.53 bits per heavy atom. The fraction of sp³-hybridized carbons (Fsp3) is 0.200. The monoisotopic (exact) mass is 256 g/mol. The number of carboxylic acids is 1. The second-order valence-corrected chi connectivity index (χ2v) is 4.47. The summed E-state index contributed by atoms with van der Waals surface area (Å²) >= 11 is 0. The van der Waals surface area contributed by atoms with Crippen molar-refractivity contribution in [2.24, 2.45) is 0 Å². The van der Waals surface area contributed by atoms with Crippen LogP contribution in [0.2, 0.25) is 0 Å². The summed E-state index contributed by atoms with van der Waals surface area (Å²) in [5, 5.41) is 9.20. The first-order chi connectivity index (χ1) is 9.08. The van der Waals surface area contributed by atoms with Gasteiger partial charge < -0.3 is 10.0 Å². The second-order valence-electron chi connectivity index (χ2n) is 4.47. The summed E-state index contributed by atoms with van der Waals surface area (Å²) in [6.45, 7) is 2.48. The number of hydrogen-bond acceptors (Lipinski definition) is 3. The van der Waals surface area contributed by atoms with Gasteiger partial charge in [-0.3, -0.25) is 0 Å². The number of hydrogen-bond donors (Lipinski definition) is 1. The maximum absolute atomic E-state index is 11.2. The third kappa shape index (κ3) is 3.10. The highest BCUT2D eigenvalue weighted by Gasteiger charge is 2.15. The number of aromatic carboxylic acids is 1. The Labute approximate surface area is 112 Å². The summed E-state index contributed by atoms with van der Waals surface area (Å²) < 4.78 is 0. The van der Waals surface area contributed by atoms with Gasteiger partial charge in [-0.25, -0.2) is 9.78 Å². The molecule has 2 aromatic rings. The molecule has 98 valence electrons. The van der Waals surface area contributed by atoms with Crippen molar-refractivity contribution < 1.29 is 9.90 Å². The Bertz CT molecular complexity index is 582. The van der Waals surface area contributed by atoms with Crippen LogP contribution in [0.1, 0.15) is 21.6 Å². The summed E-state index contributed by atoms with van der Waals surface area (Å²) in [6.07, 6.45) is 0. The topological polar surface area (TPSA) is 53.4 Å². The molecule has 1 aromatic carbocycles. The predicted molar refractivity (Wildman–Crippen MR) is 74.5 cm³/mol. The minimum atomic E-state index is -0.956. The molecule has 0 aliphatic rings. The molecular formula is C15H16N2O2. The highest BCUT2D eigenvalue weighted by Crippen LogP contribution is 2.19. The Hall–Kier alpha value is -2.36. The summed E-state index contributed by atoms with van der Waals surface area (Å²) in [5.74, 6) is -0.459. The maximum atomic E-state index is 11.2. The molecule has 1 N–H and O–H groups in total. The molecule has 0 spiro atoms. The molecule has 19 heavy (non-hydrogen) atoms. The van der Waals surface area contributed by atoms with Crippen molar-refractivity contribution in [3.8, 4) is 0 Å². The van der Waals surface area contributed by atoms with Crippen LogP contribution in [0, 0.1) is 6.92 Å². The molecule has 2 rings (SSSR count). The summed E-state index contributed by atoms with van der Waals surface area (Å²) in [7, 11) is 1.85. The van der Waals surface area contributed by atoms with E-state index in [4.69, 9.17) is 0 Å². The lowest BCUT2D eigenvalue weighted by Gasteiger charge is -2.20. The Kier molecular flexibility index (Phi) is 3.80. The van der Waals surface area contributed by atoms with Crippen molar-refractivity contribution in [3.05, 3.63) is 59.3 Å². The lowest BCUT2D eigenvalue weighted by Crippen LogP contribution is -2.21. The Morgan fingerprint density at radius 1 is 1.21 bits per heavy atom. The van der Waals surface area contributed by atoms with Crippen molar-refractivity contribution in [1.82, 2.24) is 4.98 Å². The summed E-state index contributed by atoms with van der Waals surface area (Å²) in [4.78, 5) is 17.4. The quantitative estimate of drug-likeness (QED) is 0.913. The SMILES string of the molecule is Cc1ccc(C(=O)O)c(N(C)Cc2ccccc2)n1. The van der Waals surface area contributed by atoms with E-state index in [2.05, 4.69) is 4.98 Å². The molecule has 0 atom stereocenters. The fourth-order valence-corrected chi connectivity index (χ4v) is 1.93. The zero-order valence-corrected chi connectivity index (χ0v) is 11.0. The fourth-order valence-electron chi connectivity index (χ4n) is 1.93. The van der Waals surface area contributed by atoms with Crippen LogP contribution in [-0.4, -0.2) is 23.1 Å². The van der Waals surface area contributed by atoms with Gasteiger partial charge in [-0.1, -0.05) is 30.3 Å². The molecule has 4 nitrogen and oxygen atoms in total. The van der Waals surface area contributed by atoms with Crippen LogP contribution in [0.3, 0.4) is 0 Å². The van der Waals surface area contributed by atoms with Gasteiger partial charge in [-0.2, -0.15) is 0 Å². The smallest absolute Gasteiger partial charge is 0.339 e. The van der Waals surface area contributed by atoms with Crippen LogP contribution in [0.5, 0.6) is 0 Å². The van der Waals surface area contributed by atoms with Crippen LogP contribution in [0.15, 0.2) is 42.5 Å². The number of rotatable bonds is 4. The van der Waals surface area contributed by atoms with Gasteiger partial charge in [0.05, 0.1) is 0 Å². The highest BCUT2D eigenvalue weighted by molar-refractivity contribution is 5.93. The van der Waals surface area contributed by atoms with Crippen molar-refractivity contribution in [3.63, 3.8) is 0 Å². The highest BCUT2D eigenvalue weighted by atomic mass is 16.4. The van der Waals surface area contributed by atoms with Gasteiger partial charge in [0.2, 0.25) is 0 Å². The molecule has 0 saturated heterocycles. The van der Waals surface area contributed by atoms with Gasteiger partial charge in [0.1, 0.15) is 11.4 Å². The molecule has 0 amide bonds. The number of aromatic nitrogens is 1. The first kappa shape index (κ1) is 13.1. The van der Waals surface area contributed by atoms with Gasteiger partial charge in [0.15, 0.2) is 0 Å². The van der Waals surface area contributed by atoms with E-state index in [1.165, 1.54) is 0 Å². The van der Waals surface area contributed by atoms with Gasteiger partial charge in [0.25, 0.3) is 0 Å². The number of carboxylic acid groups (broad SMARTS) is 1. The molecule has 0 saturated carbocycles. The van der Waals surface area contributed by atoms with Gasteiger partial charge in [-0.05, 0) is 24.6 Å². The molecule has 0 aliphatic heterocycles. The number of aryl methyl sites for hydroxylation is 1.